The fourth-order valence-electron chi connectivity index (χ4n) is 2.46. The van der Waals surface area contributed by atoms with Gasteiger partial charge in [0.15, 0.2) is 0 Å². The molecular formula is C14H20N2O4S. The van der Waals surface area contributed by atoms with Crippen LogP contribution in [0.2, 0.25) is 0 Å². The maximum atomic E-state index is 12.9. The van der Waals surface area contributed by atoms with Gasteiger partial charge in [0, 0.05) is 25.2 Å². The zero-order valence-corrected chi connectivity index (χ0v) is 13.2. The number of hydrogen-bond donors (Lipinski definition) is 1. The highest BCUT2D eigenvalue weighted by Gasteiger charge is 2.36. The molecule has 21 heavy (non-hydrogen) atoms. The van der Waals surface area contributed by atoms with E-state index in [1.54, 1.807) is 12.1 Å². The Morgan fingerprint density at radius 1 is 1.33 bits per heavy atom. The molecule has 116 valence electrons. The molecular weight excluding hydrogens is 292 g/mol. The van der Waals surface area contributed by atoms with E-state index in [4.69, 9.17) is 0 Å². The molecule has 1 saturated heterocycles. The summed E-state index contributed by atoms with van der Waals surface area (Å²) in [6.07, 6.45) is 0. The SMILES string of the molecule is COC(=O)c1ccccc1S(=O)(=O)N1CCNC(C)C1C. The maximum absolute atomic E-state index is 12.9. The van der Waals surface area contributed by atoms with Crippen molar-refractivity contribution in [1.82, 2.24) is 9.62 Å². The van der Waals surface area contributed by atoms with Gasteiger partial charge in [0.2, 0.25) is 10.0 Å². The van der Waals surface area contributed by atoms with Gasteiger partial charge in [-0.2, -0.15) is 4.31 Å². The Kier molecular flexibility index (Phi) is 4.65. The van der Waals surface area contributed by atoms with Crippen LogP contribution in [0.25, 0.3) is 0 Å². The first-order valence-electron chi connectivity index (χ1n) is 6.82. The smallest absolute Gasteiger partial charge is 0.339 e. The first-order valence-corrected chi connectivity index (χ1v) is 8.26. The van der Waals surface area contributed by atoms with Gasteiger partial charge in [0.05, 0.1) is 17.6 Å². The second kappa shape index (κ2) is 6.13. The summed E-state index contributed by atoms with van der Waals surface area (Å²) in [4.78, 5) is 11.8. The third-order valence-corrected chi connectivity index (χ3v) is 5.90. The molecule has 7 heteroatoms. The molecule has 0 aromatic heterocycles. The van der Waals surface area contributed by atoms with E-state index in [2.05, 4.69) is 10.1 Å². The molecule has 0 bridgehead atoms. The molecule has 1 aliphatic rings. The summed E-state index contributed by atoms with van der Waals surface area (Å²) >= 11 is 0. The summed E-state index contributed by atoms with van der Waals surface area (Å²) in [5, 5.41) is 3.24. The van der Waals surface area contributed by atoms with E-state index >= 15 is 0 Å². The minimum Gasteiger partial charge on any atom is -0.465 e. The molecule has 6 nitrogen and oxygen atoms in total. The molecule has 2 unspecified atom stereocenters. The van der Waals surface area contributed by atoms with Gasteiger partial charge in [-0.15, -0.1) is 0 Å². The van der Waals surface area contributed by atoms with Gasteiger partial charge in [-0.3, -0.25) is 0 Å². The lowest BCUT2D eigenvalue weighted by Gasteiger charge is -2.37. The molecule has 2 rings (SSSR count). The number of nitrogens with zero attached hydrogens (tertiary/aromatic N) is 1. The van der Waals surface area contributed by atoms with Crippen molar-refractivity contribution in [2.24, 2.45) is 0 Å². The third-order valence-electron chi connectivity index (χ3n) is 3.86. The van der Waals surface area contributed by atoms with Crippen molar-refractivity contribution in [3.63, 3.8) is 0 Å². The van der Waals surface area contributed by atoms with Crippen LogP contribution in [0.4, 0.5) is 0 Å². The second-order valence-electron chi connectivity index (χ2n) is 5.09. The summed E-state index contributed by atoms with van der Waals surface area (Å²) in [5.74, 6) is -0.648. The van der Waals surface area contributed by atoms with Gasteiger partial charge >= 0.3 is 5.97 Å². The van der Waals surface area contributed by atoms with Gasteiger partial charge in [0.25, 0.3) is 0 Å². The Bertz CT molecular complexity index is 630. The summed E-state index contributed by atoms with van der Waals surface area (Å²) in [6.45, 7) is 4.77. The van der Waals surface area contributed by atoms with E-state index in [0.717, 1.165) is 0 Å². The van der Waals surface area contributed by atoms with Crippen LogP contribution >= 0.6 is 0 Å². The van der Waals surface area contributed by atoms with Crippen LogP contribution in [0.1, 0.15) is 24.2 Å². The predicted molar refractivity (Wildman–Crippen MR) is 78.6 cm³/mol. The monoisotopic (exact) mass is 312 g/mol. The molecule has 1 fully saturated rings. The van der Waals surface area contributed by atoms with Crippen molar-refractivity contribution in [1.29, 1.82) is 0 Å². The van der Waals surface area contributed by atoms with Crippen molar-refractivity contribution < 1.29 is 17.9 Å². The Morgan fingerprint density at radius 3 is 2.67 bits per heavy atom. The highest BCUT2D eigenvalue weighted by molar-refractivity contribution is 7.89. The number of benzene rings is 1. The number of rotatable bonds is 3. The molecule has 1 aromatic carbocycles. The number of nitrogens with one attached hydrogen (secondary N) is 1. The normalized spacial score (nSPS) is 23.8. The van der Waals surface area contributed by atoms with Crippen LogP contribution in [0.3, 0.4) is 0 Å². The minimum atomic E-state index is -3.74. The van der Waals surface area contributed by atoms with Crippen LogP contribution in [-0.4, -0.2) is 51.0 Å². The van der Waals surface area contributed by atoms with Gasteiger partial charge < -0.3 is 10.1 Å². The van der Waals surface area contributed by atoms with Crippen LogP contribution in [0.5, 0.6) is 0 Å². The van der Waals surface area contributed by atoms with Crippen molar-refractivity contribution in [3.8, 4) is 0 Å². The second-order valence-corrected chi connectivity index (χ2v) is 6.95. The van der Waals surface area contributed by atoms with Crippen molar-refractivity contribution in [3.05, 3.63) is 29.8 Å². The largest absolute Gasteiger partial charge is 0.465 e. The zero-order chi connectivity index (χ0) is 15.6. The van der Waals surface area contributed by atoms with E-state index in [1.807, 2.05) is 13.8 Å². The number of sulfonamides is 1. The predicted octanol–water partition coefficient (Wildman–Crippen LogP) is 0.844. The van der Waals surface area contributed by atoms with Crippen LogP contribution in [-0.2, 0) is 14.8 Å². The highest BCUT2D eigenvalue weighted by Crippen LogP contribution is 2.24. The van der Waals surface area contributed by atoms with Gasteiger partial charge in [-0.05, 0) is 26.0 Å². The quantitative estimate of drug-likeness (QED) is 0.837. The summed E-state index contributed by atoms with van der Waals surface area (Å²) in [5.41, 5.74) is 0.0679. The Balaban J connectivity index is 2.47. The number of piperazine rings is 1. The van der Waals surface area contributed by atoms with E-state index in [1.165, 1.54) is 23.5 Å². The summed E-state index contributed by atoms with van der Waals surface area (Å²) in [6, 6.07) is 6.01. The molecule has 1 N–H and O–H groups in total. The first kappa shape index (κ1) is 15.9. The number of carbonyl (C=O) groups excluding carboxylic acids is 1. The van der Waals surface area contributed by atoms with Crippen LogP contribution in [0.15, 0.2) is 29.2 Å². The van der Waals surface area contributed by atoms with E-state index in [9.17, 15) is 13.2 Å². The van der Waals surface area contributed by atoms with Crippen molar-refractivity contribution in [2.75, 3.05) is 20.2 Å². The standard InChI is InChI=1S/C14H20N2O4S/c1-10-11(2)16(9-8-15-10)21(18,19)13-7-5-4-6-12(13)14(17)20-3/h4-7,10-11,15H,8-9H2,1-3H3. The molecule has 2 atom stereocenters. The van der Waals surface area contributed by atoms with E-state index in [0.29, 0.717) is 13.1 Å². The third kappa shape index (κ3) is 2.95. The molecule has 0 aliphatic carbocycles. The molecule has 0 saturated carbocycles. The van der Waals surface area contributed by atoms with Gasteiger partial charge in [0.1, 0.15) is 0 Å². The molecule has 1 aromatic rings. The Morgan fingerprint density at radius 2 is 2.00 bits per heavy atom. The summed E-state index contributed by atoms with van der Waals surface area (Å²) < 4.78 is 31.9. The van der Waals surface area contributed by atoms with Gasteiger partial charge in [-0.1, -0.05) is 12.1 Å². The number of esters is 1. The highest BCUT2D eigenvalue weighted by atomic mass is 32.2. The first-order chi connectivity index (χ1) is 9.89. The molecule has 0 spiro atoms. The van der Waals surface area contributed by atoms with Crippen molar-refractivity contribution >= 4 is 16.0 Å². The number of methoxy groups -OCH3 is 1. The van der Waals surface area contributed by atoms with Crippen molar-refractivity contribution in [2.45, 2.75) is 30.8 Å². The Labute approximate surface area is 125 Å². The maximum Gasteiger partial charge on any atom is 0.339 e. The average molecular weight is 312 g/mol. The van der Waals surface area contributed by atoms with Gasteiger partial charge in [-0.25, -0.2) is 13.2 Å². The fraction of sp³-hybridized carbons (Fsp3) is 0.500. The molecule has 0 radical (unpaired) electrons. The molecule has 1 aliphatic heterocycles. The van der Waals surface area contributed by atoms with Crippen LogP contribution < -0.4 is 5.32 Å². The lowest BCUT2D eigenvalue weighted by Crippen LogP contribution is -2.57. The minimum absolute atomic E-state index is 0.00204. The fourth-order valence-corrected chi connectivity index (χ4v) is 4.35. The lowest BCUT2D eigenvalue weighted by atomic mass is 10.1. The molecule has 0 amide bonds. The van der Waals surface area contributed by atoms with E-state index < -0.39 is 16.0 Å². The van der Waals surface area contributed by atoms with Crippen LogP contribution in [0, 0.1) is 0 Å². The van der Waals surface area contributed by atoms with E-state index in [-0.39, 0.29) is 22.5 Å². The Hall–Kier alpha value is -1.44. The zero-order valence-electron chi connectivity index (χ0n) is 12.4. The number of ether oxygens (including phenoxy) is 1. The lowest BCUT2D eigenvalue weighted by molar-refractivity contribution is 0.0596. The number of hydrogen-bond acceptors (Lipinski definition) is 5. The average Bonchev–Trinajstić information content (AvgIpc) is 2.49. The molecule has 1 heterocycles. The topological polar surface area (TPSA) is 75.7 Å². The summed E-state index contributed by atoms with van der Waals surface area (Å²) in [7, 11) is -2.50. The number of carbonyl (C=O) groups is 1.